The number of rotatable bonds is 5. The molecule has 21 heavy (non-hydrogen) atoms. The summed E-state index contributed by atoms with van der Waals surface area (Å²) in [6.07, 6.45) is 1.78. The predicted octanol–water partition coefficient (Wildman–Crippen LogP) is 2.61. The van der Waals surface area contributed by atoms with E-state index in [0.717, 1.165) is 24.2 Å². The van der Waals surface area contributed by atoms with Crippen molar-refractivity contribution in [3.8, 4) is 5.75 Å². The van der Waals surface area contributed by atoms with E-state index in [2.05, 4.69) is 30.1 Å². The molecule has 0 aliphatic carbocycles. The summed E-state index contributed by atoms with van der Waals surface area (Å²) in [7, 11) is 0. The maximum Gasteiger partial charge on any atom is 0.234 e. The summed E-state index contributed by atoms with van der Waals surface area (Å²) in [4.78, 5) is 4.64. The fourth-order valence-corrected chi connectivity index (χ4v) is 2.90. The van der Waals surface area contributed by atoms with Crippen LogP contribution in [-0.4, -0.2) is 23.3 Å². The summed E-state index contributed by atoms with van der Waals surface area (Å²) >= 11 is 0. The average Bonchev–Trinajstić information content (AvgIpc) is 3.16. The van der Waals surface area contributed by atoms with E-state index in [9.17, 15) is 0 Å². The van der Waals surface area contributed by atoms with Crippen LogP contribution in [0.25, 0.3) is 0 Å². The number of nitrogens with two attached hydrogens (primary N) is 1. The van der Waals surface area contributed by atoms with E-state index in [1.54, 1.807) is 0 Å². The number of ether oxygens (including phenoxy) is 1. The van der Waals surface area contributed by atoms with Gasteiger partial charge in [-0.1, -0.05) is 37.2 Å². The van der Waals surface area contributed by atoms with Gasteiger partial charge in [0.25, 0.3) is 0 Å². The minimum atomic E-state index is -0.218. The van der Waals surface area contributed by atoms with E-state index in [0.29, 0.717) is 24.9 Å². The number of benzene rings is 1. The lowest BCUT2D eigenvalue weighted by Gasteiger charge is -2.24. The van der Waals surface area contributed by atoms with Crippen LogP contribution >= 0.6 is 0 Å². The fraction of sp³-hybridized carbons (Fsp3) is 0.500. The molecule has 2 N–H and O–H groups in total. The lowest BCUT2D eigenvalue weighted by Crippen LogP contribution is -2.34. The molecule has 2 aromatic rings. The highest BCUT2D eigenvalue weighted by Crippen LogP contribution is 2.38. The van der Waals surface area contributed by atoms with Crippen molar-refractivity contribution < 1.29 is 9.26 Å². The molecule has 112 valence electrons. The molecule has 5 nitrogen and oxygen atoms in total. The van der Waals surface area contributed by atoms with E-state index < -0.39 is 0 Å². The standard InChI is InChI=1S/C16H21N3O2/c1-3-16(4-2,10-17)15-18-14(19-21-15)12-9-20-13-8-6-5-7-11(12)13/h5-8,12H,3-4,9-10,17H2,1-2H3. The first-order chi connectivity index (χ1) is 10.2. The van der Waals surface area contributed by atoms with Crippen molar-refractivity contribution in [2.24, 2.45) is 5.73 Å². The first kappa shape index (κ1) is 14.1. The Morgan fingerprint density at radius 1 is 1.29 bits per heavy atom. The van der Waals surface area contributed by atoms with Gasteiger partial charge < -0.3 is 15.0 Å². The molecule has 0 saturated heterocycles. The lowest BCUT2D eigenvalue weighted by molar-refractivity contribution is 0.265. The molecule has 1 unspecified atom stereocenters. The van der Waals surface area contributed by atoms with Gasteiger partial charge in [0.15, 0.2) is 5.82 Å². The third-order valence-electron chi connectivity index (χ3n) is 4.65. The normalized spacial score (nSPS) is 17.6. The van der Waals surface area contributed by atoms with E-state index >= 15 is 0 Å². The molecule has 3 rings (SSSR count). The van der Waals surface area contributed by atoms with Crippen LogP contribution in [0.4, 0.5) is 0 Å². The minimum absolute atomic E-state index is 0.0443. The number of hydrogen-bond acceptors (Lipinski definition) is 5. The van der Waals surface area contributed by atoms with Crippen LogP contribution in [0.15, 0.2) is 28.8 Å². The van der Waals surface area contributed by atoms with Crippen LogP contribution in [0.1, 0.15) is 49.9 Å². The first-order valence-electron chi connectivity index (χ1n) is 7.50. The Hall–Kier alpha value is -1.88. The third-order valence-corrected chi connectivity index (χ3v) is 4.65. The van der Waals surface area contributed by atoms with Gasteiger partial charge in [-0.2, -0.15) is 4.98 Å². The summed E-state index contributed by atoms with van der Waals surface area (Å²) in [6, 6.07) is 8.00. The molecular formula is C16H21N3O2. The van der Waals surface area contributed by atoms with Crippen molar-refractivity contribution in [1.82, 2.24) is 10.1 Å². The molecule has 5 heteroatoms. The smallest absolute Gasteiger partial charge is 0.234 e. The van der Waals surface area contributed by atoms with Gasteiger partial charge in [0.1, 0.15) is 12.4 Å². The number of para-hydroxylation sites is 1. The van der Waals surface area contributed by atoms with Crippen molar-refractivity contribution in [1.29, 1.82) is 0 Å². The molecule has 0 fully saturated rings. The van der Waals surface area contributed by atoms with Gasteiger partial charge in [-0.3, -0.25) is 0 Å². The molecule has 0 radical (unpaired) electrons. The van der Waals surface area contributed by atoms with Crippen molar-refractivity contribution in [2.45, 2.75) is 38.0 Å². The molecular weight excluding hydrogens is 266 g/mol. The molecule has 1 atom stereocenters. The number of aromatic nitrogens is 2. The quantitative estimate of drug-likeness (QED) is 0.915. The van der Waals surface area contributed by atoms with Crippen molar-refractivity contribution in [2.75, 3.05) is 13.2 Å². The molecule has 0 spiro atoms. The summed E-state index contributed by atoms with van der Waals surface area (Å²) in [5, 5.41) is 4.19. The molecule has 0 bridgehead atoms. The van der Waals surface area contributed by atoms with Crippen molar-refractivity contribution in [3.63, 3.8) is 0 Å². The van der Waals surface area contributed by atoms with Gasteiger partial charge in [-0.25, -0.2) is 0 Å². The number of hydrogen-bond donors (Lipinski definition) is 1. The molecule has 1 aliphatic heterocycles. The van der Waals surface area contributed by atoms with Gasteiger partial charge >= 0.3 is 0 Å². The second-order valence-corrected chi connectivity index (χ2v) is 5.55. The Morgan fingerprint density at radius 3 is 2.76 bits per heavy atom. The zero-order chi connectivity index (χ0) is 14.9. The zero-order valence-electron chi connectivity index (χ0n) is 12.5. The monoisotopic (exact) mass is 287 g/mol. The third kappa shape index (κ3) is 2.21. The molecule has 1 aromatic carbocycles. The fourth-order valence-electron chi connectivity index (χ4n) is 2.90. The predicted molar refractivity (Wildman–Crippen MR) is 79.4 cm³/mol. The Labute approximate surface area is 124 Å². The summed E-state index contributed by atoms with van der Waals surface area (Å²) in [6.45, 7) is 5.29. The van der Waals surface area contributed by atoms with E-state index in [4.69, 9.17) is 15.0 Å². The van der Waals surface area contributed by atoms with E-state index in [1.165, 1.54) is 0 Å². The maximum atomic E-state index is 5.95. The topological polar surface area (TPSA) is 74.2 Å². The summed E-state index contributed by atoms with van der Waals surface area (Å²) in [5.74, 6) is 2.29. The van der Waals surface area contributed by atoms with Crippen molar-refractivity contribution in [3.05, 3.63) is 41.5 Å². The number of fused-ring (bicyclic) bond motifs is 1. The van der Waals surface area contributed by atoms with Crippen molar-refractivity contribution >= 4 is 0 Å². The van der Waals surface area contributed by atoms with Gasteiger partial charge in [0.2, 0.25) is 5.89 Å². The zero-order valence-corrected chi connectivity index (χ0v) is 12.5. The Balaban J connectivity index is 1.93. The Bertz CT molecular complexity index is 611. The van der Waals surface area contributed by atoms with Gasteiger partial charge in [-0.15, -0.1) is 0 Å². The highest BCUT2D eigenvalue weighted by molar-refractivity contribution is 5.42. The molecule has 2 heterocycles. The summed E-state index contributed by atoms with van der Waals surface area (Å²) < 4.78 is 11.2. The minimum Gasteiger partial charge on any atom is -0.492 e. The molecule has 0 saturated carbocycles. The molecule has 0 amide bonds. The number of nitrogens with zero attached hydrogens (tertiary/aromatic N) is 2. The van der Waals surface area contributed by atoms with Crippen LogP contribution in [0, 0.1) is 0 Å². The Morgan fingerprint density at radius 2 is 2.05 bits per heavy atom. The van der Waals surface area contributed by atoms with Gasteiger partial charge in [0.05, 0.1) is 11.3 Å². The van der Waals surface area contributed by atoms with E-state index in [1.807, 2.05) is 18.2 Å². The van der Waals surface area contributed by atoms with Crippen LogP contribution < -0.4 is 10.5 Å². The Kier molecular flexibility index (Phi) is 3.68. The average molecular weight is 287 g/mol. The second-order valence-electron chi connectivity index (χ2n) is 5.55. The second kappa shape index (κ2) is 5.48. The molecule has 1 aliphatic rings. The first-order valence-corrected chi connectivity index (χ1v) is 7.50. The highest BCUT2D eigenvalue weighted by Gasteiger charge is 2.36. The molecule has 1 aromatic heterocycles. The van der Waals surface area contributed by atoms with Crippen LogP contribution in [0.2, 0.25) is 0 Å². The largest absolute Gasteiger partial charge is 0.492 e. The van der Waals surface area contributed by atoms with Gasteiger partial charge in [0, 0.05) is 12.1 Å². The van der Waals surface area contributed by atoms with Crippen LogP contribution in [0.3, 0.4) is 0 Å². The lowest BCUT2D eigenvalue weighted by atomic mass is 9.82. The SMILES string of the molecule is CCC(CC)(CN)c1nc(C2COc3ccccc32)no1. The highest BCUT2D eigenvalue weighted by atomic mass is 16.5. The van der Waals surface area contributed by atoms with Crippen LogP contribution in [0.5, 0.6) is 5.75 Å². The maximum absolute atomic E-state index is 5.95. The summed E-state index contributed by atoms with van der Waals surface area (Å²) in [5.41, 5.74) is 6.85. The van der Waals surface area contributed by atoms with E-state index in [-0.39, 0.29) is 11.3 Å². The van der Waals surface area contributed by atoms with Crippen LogP contribution in [-0.2, 0) is 5.41 Å². The van der Waals surface area contributed by atoms with Gasteiger partial charge in [-0.05, 0) is 18.9 Å².